The summed E-state index contributed by atoms with van der Waals surface area (Å²) in [4.78, 5) is 26.5. The van der Waals surface area contributed by atoms with Gasteiger partial charge in [-0.25, -0.2) is 9.97 Å². The number of H-pyrrole nitrogens is 1. The maximum Gasteiger partial charge on any atom is 0.270 e. The number of hydrogen-bond donors (Lipinski definition) is 1. The fourth-order valence-corrected chi connectivity index (χ4v) is 3.59. The van der Waals surface area contributed by atoms with E-state index in [4.69, 9.17) is 15.0 Å². The number of nitriles is 1. The minimum absolute atomic E-state index is 0.0714. The number of aromatic amines is 1. The topological polar surface area (TPSA) is 94.9 Å². The van der Waals surface area contributed by atoms with Crippen LogP contribution in [0.15, 0.2) is 48.7 Å². The van der Waals surface area contributed by atoms with E-state index in [0.29, 0.717) is 24.5 Å². The number of aromatic nitrogens is 3. The monoisotopic (exact) mass is 387 g/mol. The number of rotatable bonds is 4. The van der Waals surface area contributed by atoms with Crippen molar-refractivity contribution in [1.29, 1.82) is 5.26 Å². The lowest BCUT2D eigenvalue weighted by Gasteiger charge is -2.31. The van der Waals surface area contributed by atoms with Gasteiger partial charge in [0.25, 0.3) is 5.91 Å². The second-order valence-electron chi connectivity index (χ2n) is 6.99. The second kappa shape index (κ2) is 8.15. The summed E-state index contributed by atoms with van der Waals surface area (Å²) in [6.07, 6.45) is 3.41. The van der Waals surface area contributed by atoms with E-state index in [1.807, 2.05) is 41.3 Å². The number of nitrogens with one attached hydrogen (secondary N) is 1. The quantitative estimate of drug-likeness (QED) is 0.741. The van der Waals surface area contributed by atoms with Crippen molar-refractivity contribution in [2.75, 3.05) is 20.2 Å². The van der Waals surface area contributed by atoms with Gasteiger partial charge in [-0.05, 0) is 55.3 Å². The van der Waals surface area contributed by atoms with E-state index in [1.54, 1.807) is 25.4 Å². The van der Waals surface area contributed by atoms with Gasteiger partial charge in [0.05, 0.1) is 12.8 Å². The van der Waals surface area contributed by atoms with Crippen molar-refractivity contribution in [1.82, 2.24) is 19.9 Å². The highest BCUT2D eigenvalue weighted by Gasteiger charge is 2.27. The highest BCUT2D eigenvalue weighted by atomic mass is 16.5. The number of benzene rings is 1. The molecule has 29 heavy (non-hydrogen) atoms. The van der Waals surface area contributed by atoms with Crippen LogP contribution in [0.3, 0.4) is 0 Å². The van der Waals surface area contributed by atoms with Gasteiger partial charge in [0.1, 0.15) is 29.0 Å². The molecule has 0 unspecified atom stereocenters. The predicted molar refractivity (Wildman–Crippen MR) is 107 cm³/mol. The SMILES string of the molecule is COc1ccc(-c2ccnc(C3CCN(C(=O)c4ccc(C#N)[nH]4)CC3)n2)cc1. The molecule has 3 aromatic rings. The van der Waals surface area contributed by atoms with E-state index < -0.39 is 0 Å². The minimum atomic E-state index is -0.0714. The zero-order valence-electron chi connectivity index (χ0n) is 16.1. The Morgan fingerprint density at radius 1 is 1.17 bits per heavy atom. The zero-order chi connectivity index (χ0) is 20.2. The molecule has 3 heterocycles. The first-order chi connectivity index (χ1) is 14.2. The molecule has 2 aromatic heterocycles. The molecule has 7 heteroatoms. The highest BCUT2D eigenvalue weighted by molar-refractivity contribution is 5.92. The van der Waals surface area contributed by atoms with E-state index in [-0.39, 0.29) is 11.8 Å². The fraction of sp³-hybridized carbons (Fsp3) is 0.273. The summed E-state index contributed by atoms with van der Waals surface area (Å²) < 4.78 is 5.21. The summed E-state index contributed by atoms with van der Waals surface area (Å²) in [5.41, 5.74) is 2.75. The maximum absolute atomic E-state index is 12.6. The Bertz CT molecular complexity index is 1040. The van der Waals surface area contributed by atoms with E-state index in [2.05, 4.69) is 9.97 Å². The van der Waals surface area contributed by atoms with Crippen molar-refractivity contribution in [3.05, 3.63) is 65.9 Å². The Morgan fingerprint density at radius 2 is 1.93 bits per heavy atom. The molecule has 0 atom stereocenters. The predicted octanol–water partition coefficient (Wildman–Crippen LogP) is 3.37. The Labute approximate surface area is 169 Å². The smallest absolute Gasteiger partial charge is 0.270 e. The zero-order valence-corrected chi connectivity index (χ0v) is 16.1. The summed E-state index contributed by atoms with van der Waals surface area (Å²) in [5, 5.41) is 8.91. The standard InChI is InChI=1S/C22H21N5O2/c1-29-18-5-2-15(3-6-18)19-8-11-24-21(26-19)16-9-12-27(13-10-16)22(28)20-7-4-17(14-23)25-20/h2-8,11,16,25H,9-10,12-13H2,1H3. The summed E-state index contributed by atoms with van der Waals surface area (Å²) in [6.45, 7) is 1.28. The number of methoxy groups -OCH3 is 1. The number of ether oxygens (including phenoxy) is 1. The van der Waals surface area contributed by atoms with Gasteiger partial charge in [0.15, 0.2) is 0 Å². The van der Waals surface area contributed by atoms with Crippen molar-refractivity contribution in [3.63, 3.8) is 0 Å². The summed E-state index contributed by atoms with van der Waals surface area (Å²) >= 11 is 0. The van der Waals surface area contributed by atoms with Crippen molar-refractivity contribution in [2.24, 2.45) is 0 Å². The lowest BCUT2D eigenvalue weighted by Crippen LogP contribution is -2.38. The molecule has 0 aliphatic carbocycles. The number of nitrogens with zero attached hydrogens (tertiary/aromatic N) is 4. The van der Waals surface area contributed by atoms with Crippen LogP contribution >= 0.6 is 0 Å². The third kappa shape index (κ3) is 3.97. The summed E-state index contributed by atoms with van der Waals surface area (Å²) in [6, 6.07) is 15.0. The number of likely N-dealkylation sites (tertiary alicyclic amines) is 1. The molecule has 0 spiro atoms. The molecule has 4 rings (SSSR count). The number of carbonyl (C=O) groups is 1. The van der Waals surface area contributed by atoms with E-state index in [0.717, 1.165) is 35.7 Å². The third-order valence-corrected chi connectivity index (χ3v) is 5.24. The third-order valence-electron chi connectivity index (χ3n) is 5.24. The average molecular weight is 387 g/mol. The Balaban J connectivity index is 1.43. The molecule has 1 fully saturated rings. The van der Waals surface area contributed by atoms with E-state index in [9.17, 15) is 4.79 Å². The van der Waals surface area contributed by atoms with E-state index >= 15 is 0 Å². The molecule has 146 valence electrons. The van der Waals surface area contributed by atoms with Gasteiger partial charge in [0, 0.05) is 30.8 Å². The number of amides is 1. The van der Waals surface area contributed by atoms with Gasteiger partial charge in [-0.3, -0.25) is 4.79 Å². The van der Waals surface area contributed by atoms with E-state index in [1.165, 1.54) is 0 Å². The first kappa shape index (κ1) is 18.7. The Kier molecular flexibility index (Phi) is 5.25. The van der Waals surface area contributed by atoms with Crippen LogP contribution in [-0.4, -0.2) is 46.0 Å². The van der Waals surface area contributed by atoms with Crippen molar-refractivity contribution < 1.29 is 9.53 Å². The normalized spacial score (nSPS) is 14.4. The first-order valence-electron chi connectivity index (χ1n) is 9.53. The Morgan fingerprint density at radius 3 is 2.59 bits per heavy atom. The lowest BCUT2D eigenvalue weighted by molar-refractivity contribution is 0.0705. The van der Waals surface area contributed by atoms with Crippen LogP contribution in [0.4, 0.5) is 0 Å². The summed E-state index contributed by atoms with van der Waals surface area (Å²) in [7, 11) is 1.65. The van der Waals surface area contributed by atoms with Crippen molar-refractivity contribution in [3.8, 4) is 23.1 Å². The van der Waals surface area contributed by atoms with Crippen molar-refractivity contribution in [2.45, 2.75) is 18.8 Å². The molecule has 1 saturated heterocycles. The van der Waals surface area contributed by atoms with Crippen LogP contribution in [-0.2, 0) is 0 Å². The van der Waals surface area contributed by atoms with Crippen LogP contribution in [0.1, 0.15) is 40.8 Å². The fourth-order valence-electron chi connectivity index (χ4n) is 3.59. The molecular formula is C22H21N5O2. The van der Waals surface area contributed by atoms with Crippen LogP contribution in [0.5, 0.6) is 5.75 Å². The molecule has 1 aliphatic heterocycles. The molecule has 1 amide bonds. The van der Waals surface area contributed by atoms with Crippen LogP contribution in [0, 0.1) is 11.3 Å². The van der Waals surface area contributed by atoms with Crippen LogP contribution in [0.25, 0.3) is 11.3 Å². The molecule has 7 nitrogen and oxygen atoms in total. The molecule has 0 saturated carbocycles. The molecule has 0 bridgehead atoms. The van der Waals surface area contributed by atoms with Gasteiger partial charge >= 0.3 is 0 Å². The maximum atomic E-state index is 12.6. The average Bonchev–Trinajstić information content (AvgIpc) is 3.28. The molecule has 1 aliphatic rings. The lowest BCUT2D eigenvalue weighted by atomic mass is 9.95. The van der Waals surface area contributed by atoms with Gasteiger partial charge in [-0.15, -0.1) is 0 Å². The first-order valence-corrected chi connectivity index (χ1v) is 9.53. The van der Waals surface area contributed by atoms with Crippen molar-refractivity contribution >= 4 is 5.91 Å². The van der Waals surface area contributed by atoms with Gasteiger partial charge in [-0.1, -0.05) is 0 Å². The second-order valence-corrected chi connectivity index (χ2v) is 6.99. The van der Waals surface area contributed by atoms with Crippen LogP contribution < -0.4 is 4.74 Å². The molecule has 1 N–H and O–H groups in total. The highest BCUT2D eigenvalue weighted by Crippen LogP contribution is 2.28. The molecular weight excluding hydrogens is 366 g/mol. The number of hydrogen-bond acceptors (Lipinski definition) is 5. The largest absolute Gasteiger partial charge is 0.497 e. The van der Waals surface area contributed by atoms with Gasteiger partial charge in [0.2, 0.25) is 0 Å². The number of piperidine rings is 1. The molecule has 0 radical (unpaired) electrons. The molecule has 1 aromatic carbocycles. The van der Waals surface area contributed by atoms with Gasteiger partial charge < -0.3 is 14.6 Å². The number of carbonyl (C=O) groups excluding carboxylic acids is 1. The summed E-state index contributed by atoms with van der Waals surface area (Å²) in [5.74, 6) is 1.77. The van der Waals surface area contributed by atoms with Gasteiger partial charge in [-0.2, -0.15) is 5.26 Å². The van der Waals surface area contributed by atoms with Crippen LogP contribution in [0.2, 0.25) is 0 Å². The Hall–Kier alpha value is -3.66. The minimum Gasteiger partial charge on any atom is -0.497 e.